The average molecular weight is 342 g/mol. The van der Waals surface area contributed by atoms with Crippen molar-refractivity contribution in [3.05, 3.63) is 60.4 Å². The maximum atomic E-state index is 6.14. The zero-order valence-electron chi connectivity index (χ0n) is 14.2. The van der Waals surface area contributed by atoms with E-state index in [4.69, 9.17) is 5.73 Å². The molecule has 1 aliphatic rings. The fourth-order valence-electron chi connectivity index (χ4n) is 3.60. The van der Waals surface area contributed by atoms with Crippen LogP contribution in [0.5, 0.6) is 0 Å². The van der Waals surface area contributed by atoms with Gasteiger partial charge in [0, 0.05) is 17.8 Å². The van der Waals surface area contributed by atoms with Crippen LogP contribution >= 0.6 is 0 Å². The van der Waals surface area contributed by atoms with Gasteiger partial charge in [-0.1, -0.05) is 36.4 Å². The van der Waals surface area contributed by atoms with Crippen LogP contribution in [0, 0.1) is 0 Å². The van der Waals surface area contributed by atoms with Crippen molar-refractivity contribution in [2.45, 2.75) is 12.8 Å². The fraction of sp³-hybridized carbons (Fsp3) is 0.150. The van der Waals surface area contributed by atoms with Gasteiger partial charge < -0.3 is 11.1 Å². The van der Waals surface area contributed by atoms with E-state index >= 15 is 0 Å². The molecule has 3 N–H and O–H groups in total. The van der Waals surface area contributed by atoms with E-state index in [2.05, 4.69) is 38.6 Å². The second kappa shape index (κ2) is 5.84. The van der Waals surface area contributed by atoms with Crippen LogP contribution in [-0.4, -0.2) is 26.1 Å². The number of hydrogen-bond donors (Lipinski definition) is 2. The van der Waals surface area contributed by atoms with Crippen LogP contribution in [0.2, 0.25) is 0 Å². The van der Waals surface area contributed by atoms with E-state index in [1.165, 1.54) is 17.6 Å². The van der Waals surface area contributed by atoms with E-state index in [0.29, 0.717) is 5.95 Å². The molecule has 0 fully saturated rings. The van der Waals surface area contributed by atoms with Crippen molar-refractivity contribution in [1.82, 2.24) is 19.6 Å². The average Bonchev–Trinajstić information content (AvgIpc) is 3.18. The number of rotatable bonds is 2. The summed E-state index contributed by atoms with van der Waals surface area (Å²) < 4.78 is 1.60. The quantitative estimate of drug-likeness (QED) is 0.583. The van der Waals surface area contributed by atoms with E-state index < -0.39 is 0 Å². The molecule has 26 heavy (non-hydrogen) atoms. The third kappa shape index (κ3) is 2.30. The van der Waals surface area contributed by atoms with Crippen LogP contribution in [0.1, 0.15) is 12.0 Å². The molecule has 0 bridgehead atoms. The minimum absolute atomic E-state index is 0.333. The van der Waals surface area contributed by atoms with Gasteiger partial charge in [-0.15, -0.1) is 0 Å². The standard InChI is InChI=1S/C20H18N6/c21-20-25-18(13-5-2-1-3-6-13)17(19-23-12-24-26(19)20)15-8-9-16-14(11-15)7-4-10-22-16/h1-3,5-6,8-9,11-12,22H,4,7,10H2,(H2,21,25). The predicted octanol–water partition coefficient (Wildman–Crippen LogP) is 3.40. The normalized spacial score (nSPS) is 13.4. The van der Waals surface area contributed by atoms with Crippen molar-refractivity contribution in [2.75, 3.05) is 17.6 Å². The van der Waals surface area contributed by atoms with Gasteiger partial charge in [0.2, 0.25) is 5.95 Å². The highest BCUT2D eigenvalue weighted by Crippen LogP contribution is 2.36. The molecule has 2 aromatic carbocycles. The minimum Gasteiger partial charge on any atom is -0.385 e. The Kier molecular flexibility index (Phi) is 3.35. The molecule has 0 atom stereocenters. The summed E-state index contributed by atoms with van der Waals surface area (Å²) in [7, 11) is 0. The van der Waals surface area contributed by atoms with Gasteiger partial charge in [-0.05, 0) is 36.1 Å². The first kappa shape index (κ1) is 14.9. The molecule has 0 unspecified atom stereocenters. The molecule has 0 saturated heterocycles. The summed E-state index contributed by atoms with van der Waals surface area (Å²) in [5.41, 5.74) is 13.3. The number of aryl methyl sites for hydroxylation is 1. The molecule has 0 spiro atoms. The van der Waals surface area contributed by atoms with Crippen molar-refractivity contribution < 1.29 is 0 Å². The zero-order chi connectivity index (χ0) is 17.5. The van der Waals surface area contributed by atoms with Gasteiger partial charge in [-0.2, -0.15) is 9.61 Å². The first-order valence-electron chi connectivity index (χ1n) is 8.73. The molecule has 0 amide bonds. The van der Waals surface area contributed by atoms with E-state index in [1.807, 2.05) is 30.3 Å². The molecule has 2 aromatic heterocycles. The molecule has 0 saturated carbocycles. The van der Waals surface area contributed by atoms with Crippen molar-refractivity contribution in [2.24, 2.45) is 0 Å². The van der Waals surface area contributed by atoms with E-state index in [-0.39, 0.29) is 0 Å². The Bertz CT molecular complexity index is 1100. The lowest BCUT2D eigenvalue weighted by Crippen LogP contribution is -2.11. The maximum Gasteiger partial charge on any atom is 0.223 e. The highest BCUT2D eigenvalue weighted by atomic mass is 15.3. The Morgan fingerprint density at radius 2 is 1.92 bits per heavy atom. The van der Waals surface area contributed by atoms with Crippen LogP contribution in [0.4, 0.5) is 11.6 Å². The topological polar surface area (TPSA) is 81.1 Å². The summed E-state index contributed by atoms with van der Waals surface area (Å²) in [6, 6.07) is 16.6. The summed E-state index contributed by atoms with van der Waals surface area (Å²) in [6.07, 6.45) is 3.73. The van der Waals surface area contributed by atoms with E-state index in [1.54, 1.807) is 4.52 Å². The molecule has 0 aliphatic carbocycles. The second-order valence-corrected chi connectivity index (χ2v) is 6.46. The van der Waals surface area contributed by atoms with E-state index in [9.17, 15) is 0 Å². The zero-order valence-corrected chi connectivity index (χ0v) is 14.2. The van der Waals surface area contributed by atoms with Crippen molar-refractivity contribution in [3.63, 3.8) is 0 Å². The second-order valence-electron chi connectivity index (χ2n) is 6.46. The van der Waals surface area contributed by atoms with Crippen molar-refractivity contribution >= 4 is 17.3 Å². The fourth-order valence-corrected chi connectivity index (χ4v) is 3.60. The third-order valence-corrected chi connectivity index (χ3v) is 4.83. The largest absolute Gasteiger partial charge is 0.385 e. The van der Waals surface area contributed by atoms with Gasteiger partial charge in [0.05, 0.1) is 11.3 Å². The summed E-state index contributed by atoms with van der Waals surface area (Å²) in [4.78, 5) is 9.13. The highest BCUT2D eigenvalue weighted by molar-refractivity contribution is 5.91. The number of nitrogens with one attached hydrogen (secondary N) is 1. The van der Waals surface area contributed by atoms with Crippen LogP contribution in [-0.2, 0) is 6.42 Å². The number of nitrogen functional groups attached to an aromatic ring is 1. The summed E-state index contributed by atoms with van der Waals surface area (Å²) in [5, 5.41) is 7.69. The lowest BCUT2D eigenvalue weighted by atomic mass is 9.95. The molecule has 3 heterocycles. The maximum absolute atomic E-state index is 6.14. The molecule has 128 valence electrons. The van der Waals surface area contributed by atoms with Crippen molar-refractivity contribution in [3.8, 4) is 22.4 Å². The molecular weight excluding hydrogens is 324 g/mol. The Balaban J connectivity index is 1.81. The number of nitrogens with zero attached hydrogens (tertiary/aromatic N) is 4. The van der Waals surface area contributed by atoms with Gasteiger partial charge in [0.25, 0.3) is 0 Å². The van der Waals surface area contributed by atoms with Gasteiger partial charge in [-0.3, -0.25) is 0 Å². The Labute approximate surface area is 150 Å². The summed E-state index contributed by atoms with van der Waals surface area (Å²) in [6.45, 7) is 1.03. The molecule has 6 nitrogen and oxygen atoms in total. The molecule has 4 aromatic rings. The first-order chi connectivity index (χ1) is 12.8. The lowest BCUT2D eigenvalue weighted by Gasteiger charge is -2.19. The van der Waals surface area contributed by atoms with Crippen LogP contribution in [0.25, 0.3) is 28.0 Å². The van der Waals surface area contributed by atoms with Gasteiger partial charge in [0.1, 0.15) is 6.33 Å². The number of nitrogens with two attached hydrogens (primary N) is 1. The van der Waals surface area contributed by atoms with E-state index in [0.717, 1.165) is 47.4 Å². The van der Waals surface area contributed by atoms with Crippen LogP contribution in [0.15, 0.2) is 54.9 Å². The Hall–Kier alpha value is -3.41. The number of fused-ring (bicyclic) bond motifs is 2. The van der Waals surface area contributed by atoms with Gasteiger partial charge in [-0.25, -0.2) is 9.97 Å². The van der Waals surface area contributed by atoms with Gasteiger partial charge >= 0.3 is 0 Å². The summed E-state index contributed by atoms with van der Waals surface area (Å²) >= 11 is 0. The molecular formula is C20H18N6. The predicted molar refractivity (Wildman–Crippen MR) is 103 cm³/mol. The van der Waals surface area contributed by atoms with Crippen LogP contribution < -0.4 is 11.1 Å². The summed E-state index contributed by atoms with van der Waals surface area (Å²) in [5.74, 6) is 0.333. The first-order valence-corrected chi connectivity index (χ1v) is 8.73. The van der Waals surface area contributed by atoms with Crippen LogP contribution in [0.3, 0.4) is 0 Å². The minimum atomic E-state index is 0.333. The third-order valence-electron chi connectivity index (χ3n) is 4.83. The number of anilines is 2. The Morgan fingerprint density at radius 1 is 1.04 bits per heavy atom. The van der Waals surface area contributed by atoms with Crippen molar-refractivity contribution in [1.29, 1.82) is 0 Å². The van der Waals surface area contributed by atoms with Gasteiger partial charge in [0.15, 0.2) is 5.65 Å². The molecule has 1 aliphatic heterocycles. The Morgan fingerprint density at radius 3 is 2.81 bits per heavy atom. The number of aromatic nitrogens is 4. The lowest BCUT2D eigenvalue weighted by molar-refractivity contribution is 0.830. The number of hydrogen-bond acceptors (Lipinski definition) is 5. The highest BCUT2D eigenvalue weighted by Gasteiger charge is 2.19. The molecule has 6 heteroatoms. The monoisotopic (exact) mass is 342 g/mol. The number of benzene rings is 2. The smallest absolute Gasteiger partial charge is 0.223 e. The SMILES string of the molecule is Nc1nc(-c2ccccc2)c(-c2ccc3c(c2)CCCN3)c2ncnn12. The molecule has 5 rings (SSSR count). The molecule has 0 radical (unpaired) electrons.